The summed E-state index contributed by atoms with van der Waals surface area (Å²) >= 11 is 0. The summed E-state index contributed by atoms with van der Waals surface area (Å²) in [6.07, 6.45) is 1.53. The molecule has 5 heteroatoms. The molecule has 1 fully saturated rings. The lowest BCUT2D eigenvalue weighted by molar-refractivity contribution is -0.127. The monoisotopic (exact) mass is 334 g/mol. The smallest absolute Gasteiger partial charge is 0.237 e. The molecule has 4 unspecified atom stereocenters. The topological polar surface area (TPSA) is 61.8 Å². The number of benzene rings is 1. The zero-order valence-corrected chi connectivity index (χ0v) is 15.2. The van der Waals surface area contributed by atoms with Gasteiger partial charge in [0, 0.05) is 18.6 Å². The first kappa shape index (κ1) is 18.7. The summed E-state index contributed by atoms with van der Waals surface area (Å²) in [5.41, 5.74) is 1.11. The Balaban J connectivity index is 1.74. The van der Waals surface area contributed by atoms with E-state index in [4.69, 9.17) is 4.74 Å². The second-order valence-electron chi connectivity index (χ2n) is 6.93. The van der Waals surface area contributed by atoms with Crippen LogP contribution in [-0.2, 0) is 4.79 Å². The molecule has 0 aromatic heterocycles. The van der Waals surface area contributed by atoms with Crippen molar-refractivity contribution < 1.29 is 14.6 Å². The summed E-state index contributed by atoms with van der Waals surface area (Å²) < 4.78 is 5.56. The molecule has 1 saturated heterocycles. The van der Waals surface area contributed by atoms with E-state index in [-0.39, 0.29) is 25.1 Å². The molecular formula is C19H30N2O3. The van der Waals surface area contributed by atoms with Gasteiger partial charge in [0.05, 0.1) is 6.04 Å². The van der Waals surface area contributed by atoms with Crippen LogP contribution in [0.2, 0.25) is 0 Å². The van der Waals surface area contributed by atoms with Crippen molar-refractivity contribution in [1.82, 2.24) is 10.2 Å². The molecule has 2 N–H and O–H groups in total. The first-order chi connectivity index (χ1) is 11.4. The second-order valence-corrected chi connectivity index (χ2v) is 6.93. The summed E-state index contributed by atoms with van der Waals surface area (Å²) in [6, 6.07) is 8.36. The van der Waals surface area contributed by atoms with Crippen molar-refractivity contribution >= 4 is 5.91 Å². The van der Waals surface area contributed by atoms with Crippen LogP contribution in [0.4, 0.5) is 0 Å². The average molecular weight is 334 g/mol. The lowest BCUT2D eigenvalue weighted by atomic mass is 10.2. The number of aliphatic hydroxyl groups excluding tert-OH is 1. The highest BCUT2D eigenvalue weighted by Crippen LogP contribution is 2.25. The van der Waals surface area contributed by atoms with E-state index < -0.39 is 6.10 Å². The third-order valence-electron chi connectivity index (χ3n) is 4.79. The van der Waals surface area contributed by atoms with Crippen LogP contribution in [0.3, 0.4) is 0 Å². The Hall–Kier alpha value is -1.59. The number of amides is 1. The maximum Gasteiger partial charge on any atom is 0.237 e. The van der Waals surface area contributed by atoms with Crippen LogP contribution in [0.5, 0.6) is 5.75 Å². The molecule has 1 aliphatic heterocycles. The summed E-state index contributed by atoms with van der Waals surface area (Å²) in [7, 11) is 0. The van der Waals surface area contributed by atoms with Crippen LogP contribution in [0, 0.1) is 6.92 Å². The molecule has 0 bridgehead atoms. The van der Waals surface area contributed by atoms with E-state index in [2.05, 4.69) is 24.1 Å². The highest BCUT2D eigenvalue weighted by atomic mass is 16.5. The predicted molar refractivity (Wildman–Crippen MR) is 95.1 cm³/mol. The number of nitrogens with one attached hydrogen (secondary N) is 1. The molecule has 1 heterocycles. The van der Waals surface area contributed by atoms with E-state index in [0.29, 0.717) is 12.1 Å². The molecule has 134 valence electrons. The van der Waals surface area contributed by atoms with Gasteiger partial charge in [0.1, 0.15) is 18.5 Å². The number of hydrogen-bond donors (Lipinski definition) is 2. The Morgan fingerprint density at radius 1 is 1.38 bits per heavy atom. The van der Waals surface area contributed by atoms with Crippen molar-refractivity contribution in [2.24, 2.45) is 0 Å². The van der Waals surface area contributed by atoms with Crippen LogP contribution in [0.15, 0.2) is 24.3 Å². The molecule has 0 saturated carbocycles. The SMILES string of the molecule is Cc1cccc(OCC(O)CNC(=O)C(C)N2C(C)CCC2C)c1. The average Bonchev–Trinajstić information content (AvgIpc) is 2.88. The van der Waals surface area contributed by atoms with Crippen molar-refractivity contribution in [2.75, 3.05) is 13.2 Å². The van der Waals surface area contributed by atoms with Gasteiger partial charge < -0.3 is 15.2 Å². The zero-order valence-electron chi connectivity index (χ0n) is 15.2. The van der Waals surface area contributed by atoms with Crippen LogP contribution in [0.25, 0.3) is 0 Å². The van der Waals surface area contributed by atoms with Gasteiger partial charge in [-0.3, -0.25) is 9.69 Å². The van der Waals surface area contributed by atoms with Gasteiger partial charge in [-0.1, -0.05) is 12.1 Å². The zero-order chi connectivity index (χ0) is 17.7. The lowest BCUT2D eigenvalue weighted by Crippen LogP contribution is -2.50. The van der Waals surface area contributed by atoms with Gasteiger partial charge in [0.2, 0.25) is 5.91 Å². The molecule has 24 heavy (non-hydrogen) atoms. The van der Waals surface area contributed by atoms with Crippen molar-refractivity contribution in [3.63, 3.8) is 0 Å². The number of likely N-dealkylation sites (tertiary alicyclic amines) is 1. The number of ether oxygens (including phenoxy) is 1. The Morgan fingerprint density at radius 2 is 2.04 bits per heavy atom. The standard InChI is InChI=1S/C19H30N2O3/c1-13-6-5-7-18(10-13)24-12-17(22)11-20-19(23)16(4)21-14(2)8-9-15(21)3/h5-7,10,14-17,22H,8-9,11-12H2,1-4H3,(H,20,23). The molecule has 1 aromatic carbocycles. The molecule has 0 aliphatic carbocycles. The highest BCUT2D eigenvalue weighted by Gasteiger charge is 2.34. The second kappa shape index (κ2) is 8.49. The van der Waals surface area contributed by atoms with E-state index in [1.807, 2.05) is 38.1 Å². The normalized spacial score (nSPS) is 23.7. The van der Waals surface area contributed by atoms with Crippen LogP contribution in [-0.4, -0.2) is 53.3 Å². The van der Waals surface area contributed by atoms with E-state index >= 15 is 0 Å². The molecule has 0 radical (unpaired) electrons. The maximum absolute atomic E-state index is 12.3. The summed E-state index contributed by atoms with van der Waals surface area (Å²) in [6.45, 7) is 8.62. The minimum absolute atomic E-state index is 0.0368. The Morgan fingerprint density at radius 3 is 2.67 bits per heavy atom. The fourth-order valence-corrected chi connectivity index (χ4v) is 3.44. The fourth-order valence-electron chi connectivity index (χ4n) is 3.44. The number of aliphatic hydroxyl groups is 1. The third kappa shape index (κ3) is 4.95. The number of nitrogens with zero attached hydrogens (tertiary/aromatic N) is 1. The minimum Gasteiger partial charge on any atom is -0.491 e. The van der Waals surface area contributed by atoms with Gasteiger partial charge >= 0.3 is 0 Å². The van der Waals surface area contributed by atoms with Gasteiger partial charge in [-0.2, -0.15) is 0 Å². The van der Waals surface area contributed by atoms with Gasteiger partial charge in [-0.15, -0.1) is 0 Å². The summed E-state index contributed by atoms with van der Waals surface area (Å²) in [5, 5.41) is 12.9. The van der Waals surface area contributed by atoms with Crippen LogP contribution < -0.4 is 10.1 Å². The van der Waals surface area contributed by atoms with Crippen molar-refractivity contribution in [3.05, 3.63) is 29.8 Å². The van der Waals surface area contributed by atoms with Crippen molar-refractivity contribution in [1.29, 1.82) is 0 Å². The Bertz CT molecular complexity index is 539. The van der Waals surface area contributed by atoms with Crippen LogP contribution in [0.1, 0.15) is 39.2 Å². The maximum atomic E-state index is 12.3. The molecule has 1 aliphatic rings. The highest BCUT2D eigenvalue weighted by molar-refractivity contribution is 5.81. The Kier molecular flexibility index (Phi) is 6.63. The fraction of sp³-hybridized carbons (Fsp3) is 0.632. The quantitative estimate of drug-likeness (QED) is 0.802. The molecule has 1 aromatic rings. The van der Waals surface area contributed by atoms with E-state index in [0.717, 1.165) is 24.2 Å². The number of carbonyl (C=O) groups is 1. The predicted octanol–water partition coefficient (Wildman–Crippen LogP) is 2.11. The third-order valence-corrected chi connectivity index (χ3v) is 4.79. The Labute approximate surface area is 145 Å². The molecule has 0 spiro atoms. The summed E-state index contributed by atoms with van der Waals surface area (Å²) in [4.78, 5) is 14.6. The number of aryl methyl sites for hydroxylation is 1. The molecule has 2 rings (SSSR count). The molecular weight excluding hydrogens is 304 g/mol. The van der Waals surface area contributed by atoms with Gasteiger partial charge in [-0.25, -0.2) is 0 Å². The molecule has 1 amide bonds. The van der Waals surface area contributed by atoms with Gasteiger partial charge in [-0.05, 0) is 58.2 Å². The van der Waals surface area contributed by atoms with E-state index in [9.17, 15) is 9.90 Å². The number of hydrogen-bond acceptors (Lipinski definition) is 4. The largest absolute Gasteiger partial charge is 0.491 e. The van der Waals surface area contributed by atoms with E-state index in [1.54, 1.807) is 0 Å². The first-order valence-electron chi connectivity index (χ1n) is 8.81. The number of carbonyl (C=O) groups excluding carboxylic acids is 1. The van der Waals surface area contributed by atoms with Gasteiger partial charge in [0.25, 0.3) is 0 Å². The molecule has 5 nitrogen and oxygen atoms in total. The number of rotatable bonds is 7. The lowest BCUT2D eigenvalue weighted by Gasteiger charge is -2.31. The van der Waals surface area contributed by atoms with Crippen molar-refractivity contribution in [2.45, 2.75) is 64.8 Å². The molecule has 4 atom stereocenters. The summed E-state index contributed by atoms with van der Waals surface area (Å²) in [5.74, 6) is 0.693. The van der Waals surface area contributed by atoms with Gasteiger partial charge in [0.15, 0.2) is 0 Å². The van der Waals surface area contributed by atoms with Crippen LogP contribution >= 0.6 is 0 Å². The minimum atomic E-state index is -0.727. The first-order valence-corrected chi connectivity index (χ1v) is 8.81. The van der Waals surface area contributed by atoms with E-state index in [1.165, 1.54) is 0 Å². The van der Waals surface area contributed by atoms with Crippen molar-refractivity contribution in [3.8, 4) is 5.75 Å².